The fraction of sp³-hybridized carbons (Fsp3) is 0.625. The van der Waals surface area contributed by atoms with Crippen LogP contribution in [-0.4, -0.2) is 31.2 Å². The summed E-state index contributed by atoms with van der Waals surface area (Å²) in [5, 5.41) is 3.65. The van der Waals surface area contributed by atoms with Crippen LogP contribution in [0.1, 0.15) is 30.9 Å². The predicted molar refractivity (Wildman–Crippen MR) is 84.4 cm³/mol. The Morgan fingerprint density at radius 3 is 3.11 bits per heavy atom. The second-order valence-corrected chi connectivity index (χ2v) is 6.10. The van der Waals surface area contributed by atoms with Crippen molar-refractivity contribution in [1.29, 1.82) is 0 Å². The number of rotatable bonds is 8. The third-order valence-corrected chi connectivity index (χ3v) is 4.32. The Labute approximate surface area is 121 Å². The molecule has 3 heteroatoms. The van der Waals surface area contributed by atoms with Crippen molar-refractivity contribution in [2.45, 2.75) is 38.6 Å². The van der Waals surface area contributed by atoms with Crippen LogP contribution < -0.4 is 10.1 Å². The summed E-state index contributed by atoms with van der Waals surface area (Å²) in [4.78, 5) is 0. The van der Waals surface area contributed by atoms with E-state index < -0.39 is 0 Å². The zero-order chi connectivity index (χ0) is 13.5. The van der Waals surface area contributed by atoms with E-state index in [-0.39, 0.29) is 0 Å². The molecule has 1 atom stereocenters. The molecule has 0 amide bonds. The minimum Gasteiger partial charge on any atom is -0.493 e. The molecule has 1 heterocycles. The van der Waals surface area contributed by atoms with E-state index >= 15 is 0 Å². The van der Waals surface area contributed by atoms with Gasteiger partial charge in [0.2, 0.25) is 0 Å². The Kier molecular flexibility index (Phi) is 6.05. The second-order valence-electron chi connectivity index (χ2n) is 5.19. The van der Waals surface area contributed by atoms with Crippen molar-refractivity contribution in [3.05, 3.63) is 29.3 Å². The first-order valence-electron chi connectivity index (χ1n) is 7.30. The molecule has 0 aromatic heterocycles. The molecule has 0 spiro atoms. The van der Waals surface area contributed by atoms with E-state index in [1.807, 2.05) is 11.8 Å². The summed E-state index contributed by atoms with van der Waals surface area (Å²) in [6.07, 6.45) is 6.86. The standard InChI is InChI=1S/C16H25NOS/c1-3-9-17-15(12-19-2)6-4-13-5-7-16-14(11-13)8-10-18-16/h5,7,11,15,17H,3-4,6,8-10,12H2,1-2H3. The normalized spacial score (nSPS) is 15.1. The van der Waals surface area contributed by atoms with E-state index in [2.05, 4.69) is 36.7 Å². The van der Waals surface area contributed by atoms with Crippen LogP contribution in [0.2, 0.25) is 0 Å². The first kappa shape index (κ1) is 14.7. The van der Waals surface area contributed by atoms with Gasteiger partial charge in [0.25, 0.3) is 0 Å². The molecular formula is C16H25NOS. The molecule has 0 bridgehead atoms. The number of aryl methyl sites for hydroxylation is 1. The fourth-order valence-electron chi connectivity index (χ4n) is 2.53. The number of hydrogen-bond acceptors (Lipinski definition) is 3. The van der Waals surface area contributed by atoms with Crippen LogP contribution in [0.3, 0.4) is 0 Å². The molecule has 2 nitrogen and oxygen atoms in total. The van der Waals surface area contributed by atoms with Gasteiger partial charge in [-0.3, -0.25) is 0 Å². The van der Waals surface area contributed by atoms with Gasteiger partial charge in [0, 0.05) is 18.2 Å². The molecule has 0 aliphatic carbocycles. The molecule has 0 fully saturated rings. The summed E-state index contributed by atoms with van der Waals surface area (Å²) in [5.41, 5.74) is 2.84. The average Bonchev–Trinajstić information content (AvgIpc) is 2.89. The van der Waals surface area contributed by atoms with Crippen molar-refractivity contribution in [2.24, 2.45) is 0 Å². The van der Waals surface area contributed by atoms with Crippen molar-refractivity contribution >= 4 is 11.8 Å². The molecule has 106 valence electrons. The van der Waals surface area contributed by atoms with Crippen LogP contribution in [-0.2, 0) is 12.8 Å². The molecule has 19 heavy (non-hydrogen) atoms. The molecule has 2 rings (SSSR count). The summed E-state index contributed by atoms with van der Waals surface area (Å²) in [6, 6.07) is 7.33. The minimum atomic E-state index is 0.638. The molecule has 1 aromatic rings. The summed E-state index contributed by atoms with van der Waals surface area (Å²) in [5.74, 6) is 2.29. The summed E-state index contributed by atoms with van der Waals surface area (Å²) in [6.45, 7) is 4.21. The molecule has 1 aliphatic rings. The van der Waals surface area contributed by atoms with Crippen LogP contribution >= 0.6 is 11.8 Å². The zero-order valence-electron chi connectivity index (χ0n) is 12.1. The molecule has 1 unspecified atom stereocenters. The second kappa shape index (κ2) is 7.81. The Morgan fingerprint density at radius 1 is 1.42 bits per heavy atom. The number of benzene rings is 1. The number of ether oxygens (including phenoxy) is 1. The lowest BCUT2D eigenvalue weighted by atomic mass is 10.0. The number of fused-ring (bicyclic) bond motifs is 1. The Balaban J connectivity index is 1.85. The van der Waals surface area contributed by atoms with E-state index in [4.69, 9.17) is 4.74 Å². The van der Waals surface area contributed by atoms with E-state index in [9.17, 15) is 0 Å². The van der Waals surface area contributed by atoms with Gasteiger partial charge in [-0.15, -0.1) is 0 Å². The predicted octanol–water partition coefficient (Wildman–Crippen LogP) is 3.29. The third kappa shape index (κ3) is 4.43. The molecule has 1 N–H and O–H groups in total. The Bertz CT molecular complexity index is 394. The lowest BCUT2D eigenvalue weighted by Crippen LogP contribution is -2.32. The van der Waals surface area contributed by atoms with Crippen LogP contribution in [0, 0.1) is 0 Å². The van der Waals surface area contributed by atoms with Crippen molar-refractivity contribution < 1.29 is 4.74 Å². The number of thioether (sulfide) groups is 1. The van der Waals surface area contributed by atoms with Crippen molar-refractivity contribution in [2.75, 3.05) is 25.2 Å². The summed E-state index contributed by atoms with van der Waals surface area (Å²) < 4.78 is 5.56. The lowest BCUT2D eigenvalue weighted by molar-refractivity contribution is 0.357. The van der Waals surface area contributed by atoms with Crippen LogP contribution in [0.4, 0.5) is 0 Å². The molecule has 1 aliphatic heterocycles. The van der Waals surface area contributed by atoms with Crippen molar-refractivity contribution in [3.63, 3.8) is 0 Å². The van der Waals surface area contributed by atoms with Gasteiger partial charge < -0.3 is 10.1 Å². The zero-order valence-corrected chi connectivity index (χ0v) is 12.9. The maximum atomic E-state index is 5.56. The van der Waals surface area contributed by atoms with E-state index in [0.717, 1.165) is 31.7 Å². The first-order valence-corrected chi connectivity index (χ1v) is 8.69. The third-order valence-electron chi connectivity index (χ3n) is 3.59. The smallest absolute Gasteiger partial charge is 0.122 e. The van der Waals surface area contributed by atoms with Gasteiger partial charge >= 0.3 is 0 Å². The van der Waals surface area contributed by atoms with Gasteiger partial charge in [-0.2, -0.15) is 11.8 Å². The topological polar surface area (TPSA) is 21.3 Å². The van der Waals surface area contributed by atoms with Gasteiger partial charge in [-0.25, -0.2) is 0 Å². The average molecular weight is 279 g/mol. The van der Waals surface area contributed by atoms with Crippen molar-refractivity contribution in [3.8, 4) is 5.75 Å². The van der Waals surface area contributed by atoms with Gasteiger partial charge in [-0.05, 0) is 49.3 Å². The molecule has 1 aromatic carbocycles. The van der Waals surface area contributed by atoms with Gasteiger partial charge in [0.1, 0.15) is 5.75 Å². The lowest BCUT2D eigenvalue weighted by Gasteiger charge is -2.17. The summed E-state index contributed by atoms with van der Waals surface area (Å²) >= 11 is 1.93. The largest absolute Gasteiger partial charge is 0.493 e. The first-order chi connectivity index (χ1) is 9.33. The highest BCUT2D eigenvalue weighted by atomic mass is 32.2. The molecule has 0 saturated heterocycles. The SMILES string of the molecule is CCCNC(CCc1ccc2c(c1)CCO2)CSC. The minimum absolute atomic E-state index is 0.638. The molecular weight excluding hydrogens is 254 g/mol. The monoisotopic (exact) mass is 279 g/mol. The van der Waals surface area contributed by atoms with E-state index in [1.54, 1.807) is 0 Å². The Morgan fingerprint density at radius 2 is 2.32 bits per heavy atom. The maximum absolute atomic E-state index is 5.56. The Hall–Kier alpha value is -0.670. The highest BCUT2D eigenvalue weighted by molar-refractivity contribution is 7.98. The van der Waals surface area contributed by atoms with Gasteiger partial charge in [0.15, 0.2) is 0 Å². The van der Waals surface area contributed by atoms with E-state index in [1.165, 1.54) is 29.7 Å². The van der Waals surface area contributed by atoms with Crippen LogP contribution in [0.5, 0.6) is 5.75 Å². The van der Waals surface area contributed by atoms with E-state index in [0.29, 0.717) is 6.04 Å². The summed E-state index contributed by atoms with van der Waals surface area (Å²) in [7, 11) is 0. The van der Waals surface area contributed by atoms with Gasteiger partial charge in [-0.1, -0.05) is 19.1 Å². The van der Waals surface area contributed by atoms with Gasteiger partial charge in [0.05, 0.1) is 6.61 Å². The van der Waals surface area contributed by atoms with Crippen LogP contribution in [0.25, 0.3) is 0 Å². The highest BCUT2D eigenvalue weighted by Gasteiger charge is 2.13. The molecule has 0 saturated carbocycles. The quantitative estimate of drug-likeness (QED) is 0.789. The maximum Gasteiger partial charge on any atom is 0.122 e. The highest BCUT2D eigenvalue weighted by Crippen LogP contribution is 2.26. The fourth-order valence-corrected chi connectivity index (χ4v) is 3.22. The van der Waals surface area contributed by atoms with Crippen molar-refractivity contribution in [1.82, 2.24) is 5.32 Å². The number of hydrogen-bond donors (Lipinski definition) is 1. The van der Waals surface area contributed by atoms with Crippen LogP contribution in [0.15, 0.2) is 18.2 Å². The number of nitrogens with one attached hydrogen (secondary N) is 1. The molecule has 0 radical (unpaired) electrons.